The zero-order valence-electron chi connectivity index (χ0n) is 9.26. The first kappa shape index (κ1) is 10.9. The second-order valence-corrected chi connectivity index (χ2v) is 5.00. The van der Waals surface area contributed by atoms with Crippen LogP contribution >= 0.6 is 0 Å². The van der Waals surface area contributed by atoms with Gasteiger partial charge in [0, 0.05) is 0 Å². The molecule has 0 unspecified atom stereocenters. The molecule has 0 fully saturated rings. The van der Waals surface area contributed by atoms with Crippen LogP contribution in [-0.2, 0) is 6.42 Å². The van der Waals surface area contributed by atoms with Gasteiger partial charge in [0.1, 0.15) is 11.5 Å². The summed E-state index contributed by atoms with van der Waals surface area (Å²) < 4.78 is 0. The Labute approximate surface area is 85.2 Å². The monoisotopic (exact) mass is 194 g/mol. The smallest absolute Gasteiger partial charge is 0.119 e. The molecule has 0 aromatic heterocycles. The van der Waals surface area contributed by atoms with Crippen LogP contribution in [0.4, 0.5) is 0 Å². The molecule has 0 aliphatic carbocycles. The van der Waals surface area contributed by atoms with E-state index in [1.165, 1.54) is 0 Å². The van der Waals surface area contributed by atoms with Gasteiger partial charge in [-0.3, -0.25) is 0 Å². The molecule has 1 aromatic carbocycles. The Morgan fingerprint density at radius 2 is 1.64 bits per heavy atom. The summed E-state index contributed by atoms with van der Waals surface area (Å²) in [6.07, 6.45) is 0.757. The zero-order chi connectivity index (χ0) is 10.9. The van der Waals surface area contributed by atoms with Crippen LogP contribution in [0.3, 0.4) is 0 Å². The Hall–Kier alpha value is -1.18. The van der Waals surface area contributed by atoms with Crippen molar-refractivity contribution in [3.05, 3.63) is 23.3 Å². The Bertz CT molecular complexity index is 335. The normalized spacial score (nSPS) is 11.7. The number of rotatable bonds is 1. The summed E-state index contributed by atoms with van der Waals surface area (Å²) in [5, 5.41) is 19.2. The number of hydrogen-bond acceptors (Lipinski definition) is 2. The Morgan fingerprint density at radius 1 is 1.07 bits per heavy atom. The molecule has 0 heterocycles. The minimum atomic E-state index is 0.110. The molecule has 0 spiro atoms. The summed E-state index contributed by atoms with van der Waals surface area (Å²) in [5.74, 6) is 0.525. The van der Waals surface area contributed by atoms with Crippen molar-refractivity contribution in [1.82, 2.24) is 0 Å². The van der Waals surface area contributed by atoms with Gasteiger partial charge in [0.25, 0.3) is 0 Å². The van der Waals surface area contributed by atoms with Crippen LogP contribution in [-0.4, -0.2) is 10.2 Å². The van der Waals surface area contributed by atoms with Gasteiger partial charge in [0.2, 0.25) is 0 Å². The molecule has 0 saturated carbocycles. The quantitative estimate of drug-likeness (QED) is 0.675. The Balaban J connectivity index is 3.04. The number of hydrogen-bond donors (Lipinski definition) is 2. The average molecular weight is 194 g/mol. The fraction of sp³-hybridized carbons (Fsp3) is 0.500. The molecule has 2 heteroatoms. The van der Waals surface area contributed by atoms with Crippen molar-refractivity contribution in [2.24, 2.45) is 5.41 Å². The summed E-state index contributed by atoms with van der Waals surface area (Å²) >= 11 is 0. The Kier molecular flexibility index (Phi) is 2.74. The summed E-state index contributed by atoms with van der Waals surface area (Å²) in [6.45, 7) is 8.08. The van der Waals surface area contributed by atoms with Gasteiger partial charge in [-0.2, -0.15) is 0 Å². The molecule has 0 bridgehead atoms. The first-order valence-electron chi connectivity index (χ1n) is 4.81. The molecule has 0 aliphatic rings. The van der Waals surface area contributed by atoms with E-state index >= 15 is 0 Å². The van der Waals surface area contributed by atoms with Gasteiger partial charge < -0.3 is 10.2 Å². The van der Waals surface area contributed by atoms with Gasteiger partial charge in [-0.25, -0.2) is 0 Å². The average Bonchev–Trinajstić information content (AvgIpc) is 1.97. The highest BCUT2D eigenvalue weighted by Crippen LogP contribution is 2.31. The van der Waals surface area contributed by atoms with Crippen molar-refractivity contribution in [3.8, 4) is 11.5 Å². The van der Waals surface area contributed by atoms with E-state index in [2.05, 4.69) is 20.8 Å². The van der Waals surface area contributed by atoms with E-state index in [0.717, 1.165) is 12.0 Å². The first-order valence-corrected chi connectivity index (χ1v) is 4.81. The van der Waals surface area contributed by atoms with Crippen molar-refractivity contribution in [3.63, 3.8) is 0 Å². The van der Waals surface area contributed by atoms with E-state index in [4.69, 9.17) is 0 Å². The predicted molar refractivity (Wildman–Crippen MR) is 57.7 cm³/mol. The minimum absolute atomic E-state index is 0.110. The fourth-order valence-corrected chi connectivity index (χ4v) is 1.44. The Morgan fingerprint density at radius 3 is 2.14 bits per heavy atom. The van der Waals surface area contributed by atoms with Gasteiger partial charge in [-0.05, 0) is 42.0 Å². The fourth-order valence-electron chi connectivity index (χ4n) is 1.44. The molecule has 14 heavy (non-hydrogen) atoms. The lowest BCUT2D eigenvalue weighted by molar-refractivity contribution is 0.391. The van der Waals surface area contributed by atoms with Gasteiger partial charge in [-0.15, -0.1) is 0 Å². The zero-order valence-corrected chi connectivity index (χ0v) is 9.26. The highest BCUT2D eigenvalue weighted by Gasteiger charge is 2.15. The molecule has 0 aliphatic heterocycles. The molecule has 0 radical (unpaired) electrons. The van der Waals surface area contributed by atoms with Crippen LogP contribution in [0.5, 0.6) is 11.5 Å². The third-order valence-corrected chi connectivity index (χ3v) is 2.12. The second-order valence-electron chi connectivity index (χ2n) is 5.00. The van der Waals surface area contributed by atoms with Crippen LogP contribution in [0, 0.1) is 12.3 Å². The maximum absolute atomic E-state index is 9.67. The van der Waals surface area contributed by atoms with Crippen LogP contribution < -0.4 is 0 Å². The number of phenolic OH excluding ortho intramolecular Hbond substituents is 2. The second kappa shape index (κ2) is 3.52. The van der Waals surface area contributed by atoms with Gasteiger partial charge in [-0.1, -0.05) is 20.8 Å². The largest absolute Gasteiger partial charge is 0.508 e. The highest BCUT2D eigenvalue weighted by molar-refractivity contribution is 5.44. The van der Waals surface area contributed by atoms with Crippen molar-refractivity contribution < 1.29 is 10.2 Å². The number of benzene rings is 1. The summed E-state index contributed by atoms with van der Waals surface area (Å²) in [4.78, 5) is 0. The molecule has 2 N–H and O–H groups in total. The number of aryl methyl sites for hydroxylation is 1. The topological polar surface area (TPSA) is 40.5 Å². The first-order chi connectivity index (χ1) is 6.29. The van der Waals surface area contributed by atoms with Crippen LogP contribution in [0.2, 0.25) is 0 Å². The lowest BCUT2D eigenvalue weighted by Crippen LogP contribution is -2.09. The van der Waals surface area contributed by atoms with Gasteiger partial charge >= 0.3 is 0 Å². The third-order valence-electron chi connectivity index (χ3n) is 2.12. The minimum Gasteiger partial charge on any atom is -0.508 e. The molecular formula is C12H18O2. The number of phenols is 2. The summed E-state index contributed by atoms with van der Waals surface area (Å²) in [6, 6.07) is 3.26. The van der Waals surface area contributed by atoms with E-state index in [9.17, 15) is 10.2 Å². The standard InChI is InChI=1S/C12H18O2/c1-8-5-11(14)9(6-10(8)13)7-12(2,3)4/h5-6,13-14H,7H2,1-4H3. The van der Waals surface area contributed by atoms with Crippen LogP contribution in [0.25, 0.3) is 0 Å². The van der Waals surface area contributed by atoms with Crippen LogP contribution in [0.15, 0.2) is 12.1 Å². The predicted octanol–water partition coefficient (Wildman–Crippen LogP) is 2.99. The van der Waals surface area contributed by atoms with Gasteiger partial charge in [0.15, 0.2) is 0 Å². The van der Waals surface area contributed by atoms with Crippen molar-refractivity contribution in [2.75, 3.05) is 0 Å². The van der Waals surface area contributed by atoms with E-state index in [1.54, 1.807) is 19.1 Å². The molecule has 1 rings (SSSR count). The summed E-state index contributed by atoms with van der Waals surface area (Å²) in [5.41, 5.74) is 1.62. The van der Waals surface area contributed by atoms with Crippen LogP contribution in [0.1, 0.15) is 31.9 Å². The summed E-state index contributed by atoms with van der Waals surface area (Å²) in [7, 11) is 0. The van der Waals surface area contributed by atoms with E-state index in [-0.39, 0.29) is 16.9 Å². The van der Waals surface area contributed by atoms with E-state index in [0.29, 0.717) is 5.56 Å². The molecule has 78 valence electrons. The third kappa shape index (κ3) is 2.66. The molecule has 0 saturated heterocycles. The molecule has 0 atom stereocenters. The maximum atomic E-state index is 9.67. The SMILES string of the molecule is Cc1cc(O)c(CC(C)(C)C)cc1O. The molecule has 0 amide bonds. The highest BCUT2D eigenvalue weighted by atomic mass is 16.3. The molecule has 1 aromatic rings. The molecular weight excluding hydrogens is 176 g/mol. The lowest BCUT2D eigenvalue weighted by Gasteiger charge is -2.19. The maximum Gasteiger partial charge on any atom is 0.119 e. The lowest BCUT2D eigenvalue weighted by atomic mass is 9.87. The van der Waals surface area contributed by atoms with E-state index in [1.807, 2.05) is 0 Å². The van der Waals surface area contributed by atoms with E-state index < -0.39 is 0 Å². The van der Waals surface area contributed by atoms with Crippen molar-refractivity contribution in [1.29, 1.82) is 0 Å². The molecule has 2 nitrogen and oxygen atoms in total. The number of aromatic hydroxyl groups is 2. The van der Waals surface area contributed by atoms with Gasteiger partial charge in [0.05, 0.1) is 0 Å². The van der Waals surface area contributed by atoms with Crippen molar-refractivity contribution >= 4 is 0 Å². The van der Waals surface area contributed by atoms with Crippen molar-refractivity contribution in [2.45, 2.75) is 34.1 Å².